The molecule has 1 N–H and O–H groups in total. The van der Waals surface area contributed by atoms with Gasteiger partial charge >= 0.3 is 6.03 Å². The first-order valence-electron chi connectivity index (χ1n) is 9.49. The average Bonchev–Trinajstić information content (AvgIpc) is 3.14. The van der Waals surface area contributed by atoms with Crippen LogP contribution in [0.5, 0.6) is 0 Å². The number of aromatic nitrogens is 3. The smallest absolute Gasteiger partial charge is 0.327 e. The van der Waals surface area contributed by atoms with Gasteiger partial charge in [-0.2, -0.15) is 0 Å². The summed E-state index contributed by atoms with van der Waals surface area (Å²) in [5.74, 6) is 0.625. The van der Waals surface area contributed by atoms with Crippen molar-refractivity contribution in [1.82, 2.24) is 15.0 Å². The third kappa shape index (κ3) is 3.17. The van der Waals surface area contributed by atoms with Crippen molar-refractivity contribution in [3.8, 4) is 11.3 Å². The minimum Gasteiger partial charge on any atom is -0.366 e. The number of amides is 2. The molecule has 0 spiro atoms. The number of halogens is 1. The van der Waals surface area contributed by atoms with Crippen LogP contribution in [0.3, 0.4) is 0 Å². The number of carbonyl (C=O) groups is 1. The number of nitrogens with one attached hydrogen (secondary N) is 1. The van der Waals surface area contributed by atoms with Crippen molar-refractivity contribution in [1.29, 1.82) is 0 Å². The summed E-state index contributed by atoms with van der Waals surface area (Å²) in [7, 11) is 0. The Kier molecular flexibility index (Phi) is 4.32. The van der Waals surface area contributed by atoms with Gasteiger partial charge in [0.2, 0.25) is 0 Å². The summed E-state index contributed by atoms with van der Waals surface area (Å²) in [6.45, 7) is 3.58. The van der Waals surface area contributed by atoms with E-state index in [-0.39, 0.29) is 12.1 Å². The number of fused-ring (bicyclic) bond motifs is 4. The third-order valence-corrected chi connectivity index (χ3v) is 5.64. The van der Waals surface area contributed by atoms with Gasteiger partial charge in [0.15, 0.2) is 5.82 Å². The van der Waals surface area contributed by atoms with Crippen LogP contribution in [-0.2, 0) is 0 Å². The quantitative estimate of drug-likeness (QED) is 0.692. The van der Waals surface area contributed by atoms with Crippen LogP contribution in [0.2, 0.25) is 5.02 Å². The summed E-state index contributed by atoms with van der Waals surface area (Å²) in [4.78, 5) is 30.4. The van der Waals surface area contributed by atoms with Crippen LogP contribution in [0.4, 0.5) is 22.0 Å². The highest BCUT2D eigenvalue weighted by Crippen LogP contribution is 2.43. The van der Waals surface area contributed by atoms with Gasteiger partial charge in [-0.1, -0.05) is 11.6 Å². The SMILES string of the molecule is Cc1ccc(-c2nc3c(cc2Cl)N2CC[C@@H](C2)N3C(=O)Nc2cccnc2)cn1. The van der Waals surface area contributed by atoms with Crippen LogP contribution in [0.25, 0.3) is 11.3 Å². The second-order valence-electron chi connectivity index (χ2n) is 7.28. The monoisotopic (exact) mass is 406 g/mol. The van der Waals surface area contributed by atoms with Crippen molar-refractivity contribution in [3.63, 3.8) is 0 Å². The van der Waals surface area contributed by atoms with Crippen LogP contribution >= 0.6 is 11.6 Å². The lowest BCUT2D eigenvalue weighted by atomic mass is 10.1. The average molecular weight is 407 g/mol. The number of rotatable bonds is 2. The number of nitrogens with zero attached hydrogens (tertiary/aromatic N) is 5. The van der Waals surface area contributed by atoms with Crippen molar-refractivity contribution in [3.05, 3.63) is 59.6 Å². The van der Waals surface area contributed by atoms with Crippen LogP contribution in [0.15, 0.2) is 48.9 Å². The number of hydrogen-bond donors (Lipinski definition) is 1. The summed E-state index contributed by atoms with van der Waals surface area (Å²) in [6.07, 6.45) is 5.94. The first-order chi connectivity index (χ1) is 14.1. The van der Waals surface area contributed by atoms with Crippen LogP contribution < -0.4 is 15.1 Å². The molecule has 0 aliphatic carbocycles. The predicted molar refractivity (Wildman–Crippen MR) is 114 cm³/mol. The Bertz CT molecular complexity index is 1070. The summed E-state index contributed by atoms with van der Waals surface area (Å²) < 4.78 is 0. The maximum atomic E-state index is 13.2. The Morgan fingerprint density at radius 3 is 2.93 bits per heavy atom. The lowest BCUT2D eigenvalue weighted by Crippen LogP contribution is -2.48. The van der Waals surface area contributed by atoms with E-state index >= 15 is 0 Å². The zero-order chi connectivity index (χ0) is 20.0. The fraction of sp³-hybridized carbons (Fsp3) is 0.238. The molecule has 7 nitrogen and oxygen atoms in total. The third-order valence-electron chi connectivity index (χ3n) is 5.35. The molecule has 5 rings (SSSR count). The van der Waals surface area contributed by atoms with Gasteiger partial charge < -0.3 is 10.2 Å². The first-order valence-corrected chi connectivity index (χ1v) is 9.87. The van der Waals surface area contributed by atoms with E-state index in [1.165, 1.54) is 0 Å². The highest BCUT2D eigenvalue weighted by atomic mass is 35.5. The van der Waals surface area contributed by atoms with E-state index in [0.29, 0.717) is 22.2 Å². The zero-order valence-electron chi connectivity index (χ0n) is 15.8. The molecule has 0 saturated carbocycles. The van der Waals surface area contributed by atoms with Crippen molar-refractivity contribution in [2.24, 2.45) is 0 Å². The standard InChI is InChI=1S/C21H19ClN6O/c1-13-4-5-14(10-24-13)19-17(22)9-18-20(26-19)28(16-6-8-27(18)12-16)21(29)25-15-3-2-7-23-11-15/h2-5,7,9-11,16H,6,8,12H2,1H3,(H,25,29)/t16-/m0/s1. The van der Waals surface area contributed by atoms with Gasteiger partial charge in [-0.15, -0.1) is 0 Å². The lowest BCUT2D eigenvalue weighted by Gasteiger charge is -2.36. The number of carbonyl (C=O) groups excluding carboxylic acids is 1. The second-order valence-corrected chi connectivity index (χ2v) is 7.69. The fourth-order valence-corrected chi connectivity index (χ4v) is 4.17. The van der Waals surface area contributed by atoms with E-state index in [9.17, 15) is 4.79 Å². The Morgan fingerprint density at radius 1 is 1.28 bits per heavy atom. The molecule has 1 atom stereocenters. The minimum absolute atomic E-state index is 0.0665. The van der Waals surface area contributed by atoms with Gasteiger partial charge in [-0.25, -0.2) is 9.78 Å². The van der Waals surface area contributed by atoms with Crippen LogP contribution in [0, 0.1) is 6.92 Å². The zero-order valence-corrected chi connectivity index (χ0v) is 16.6. The summed E-state index contributed by atoms with van der Waals surface area (Å²) in [5.41, 5.74) is 3.90. The largest absolute Gasteiger partial charge is 0.366 e. The van der Waals surface area contributed by atoms with E-state index in [1.807, 2.05) is 31.2 Å². The second kappa shape index (κ2) is 7.00. The van der Waals surface area contributed by atoms with E-state index in [2.05, 4.69) is 20.2 Å². The molecule has 2 aliphatic rings. The molecule has 0 aromatic carbocycles. The van der Waals surface area contributed by atoms with Crippen LogP contribution in [0.1, 0.15) is 12.1 Å². The molecular formula is C21H19ClN6O. The minimum atomic E-state index is -0.214. The maximum absolute atomic E-state index is 13.2. The van der Waals surface area contributed by atoms with Gasteiger partial charge in [0.05, 0.1) is 34.3 Å². The molecule has 3 aromatic rings. The van der Waals surface area contributed by atoms with E-state index in [0.717, 1.165) is 36.5 Å². The molecule has 2 bridgehead atoms. The van der Waals surface area contributed by atoms with Crippen molar-refractivity contribution < 1.29 is 4.79 Å². The lowest BCUT2D eigenvalue weighted by molar-refractivity contribution is 0.255. The van der Waals surface area contributed by atoms with Crippen molar-refractivity contribution in [2.45, 2.75) is 19.4 Å². The van der Waals surface area contributed by atoms with E-state index < -0.39 is 0 Å². The fourth-order valence-electron chi connectivity index (χ4n) is 3.92. The molecule has 2 aliphatic heterocycles. The molecular weight excluding hydrogens is 388 g/mol. The van der Waals surface area contributed by atoms with Gasteiger partial charge in [-0.3, -0.25) is 14.9 Å². The summed E-state index contributed by atoms with van der Waals surface area (Å²) in [5, 5.41) is 3.49. The number of hydrogen-bond acceptors (Lipinski definition) is 5. The van der Waals surface area contributed by atoms with Gasteiger partial charge in [0, 0.05) is 36.7 Å². The maximum Gasteiger partial charge on any atom is 0.327 e. The highest BCUT2D eigenvalue weighted by molar-refractivity contribution is 6.33. The normalized spacial score (nSPS) is 17.2. The predicted octanol–water partition coefficient (Wildman–Crippen LogP) is 4.13. The Labute approximate surface area is 173 Å². The Morgan fingerprint density at radius 2 is 2.17 bits per heavy atom. The van der Waals surface area contributed by atoms with Crippen molar-refractivity contribution in [2.75, 3.05) is 28.2 Å². The molecule has 8 heteroatoms. The van der Waals surface area contributed by atoms with Gasteiger partial charge in [0.25, 0.3) is 0 Å². The van der Waals surface area contributed by atoms with E-state index in [4.69, 9.17) is 16.6 Å². The molecule has 146 valence electrons. The molecule has 0 unspecified atom stereocenters. The highest BCUT2D eigenvalue weighted by Gasteiger charge is 2.40. The Hall–Kier alpha value is -3.19. The topological polar surface area (TPSA) is 74.2 Å². The Balaban J connectivity index is 1.57. The first kappa shape index (κ1) is 17.9. The van der Waals surface area contributed by atoms with Gasteiger partial charge in [0.1, 0.15) is 0 Å². The summed E-state index contributed by atoms with van der Waals surface area (Å²) >= 11 is 6.58. The van der Waals surface area contributed by atoms with Crippen LogP contribution in [-0.4, -0.2) is 40.1 Å². The molecule has 3 aromatic heterocycles. The van der Waals surface area contributed by atoms with Gasteiger partial charge in [-0.05, 0) is 43.7 Å². The number of pyridine rings is 3. The number of aryl methyl sites for hydroxylation is 1. The molecule has 1 saturated heterocycles. The number of urea groups is 1. The molecule has 1 fully saturated rings. The van der Waals surface area contributed by atoms with Crippen molar-refractivity contribution >= 4 is 34.8 Å². The molecule has 29 heavy (non-hydrogen) atoms. The number of anilines is 3. The molecule has 2 amide bonds. The van der Waals surface area contributed by atoms with E-state index in [1.54, 1.807) is 29.6 Å². The summed E-state index contributed by atoms with van der Waals surface area (Å²) in [6, 6.07) is 9.23. The molecule has 5 heterocycles. The molecule has 0 radical (unpaired) electrons.